The fourth-order valence-corrected chi connectivity index (χ4v) is 10.7. The zero-order valence-corrected chi connectivity index (χ0v) is 61.5. The van der Waals surface area contributed by atoms with E-state index in [0.29, 0.717) is 71.7 Å². The van der Waals surface area contributed by atoms with Gasteiger partial charge in [0.1, 0.15) is 38.3 Å². The molecule has 8 rings (SSSR count). The summed E-state index contributed by atoms with van der Waals surface area (Å²) in [4.78, 5) is 68.6. The Hall–Kier alpha value is -7.40. The number of nitrogen functional groups attached to an aromatic ring is 2. The summed E-state index contributed by atoms with van der Waals surface area (Å²) in [6, 6.07) is 12.2. The van der Waals surface area contributed by atoms with Crippen LogP contribution in [0.4, 0.5) is 57.5 Å². The van der Waals surface area contributed by atoms with Crippen molar-refractivity contribution >= 4 is 126 Å². The summed E-state index contributed by atoms with van der Waals surface area (Å²) in [5, 5.41) is 42.6. The summed E-state index contributed by atoms with van der Waals surface area (Å²) in [5.41, 5.74) is 15.9. The Morgan fingerprint density at radius 3 is 1.44 bits per heavy atom. The Kier molecular flexibility index (Phi) is 35.0. The number of nitrogens with one attached hydrogen (secondary N) is 2. The molecule has 31 heteroatoms. The van der Waals surface area contributed by atoms with Crippen LogP contribution in [0.3, 0.4) is 0 Å². The molecule has 4 aromatic carbocycles. The molecular weight excluding hydrogens is 1400 g/mol. The van der Waals surface area contributed by atoms with Gasteiger partial charge in [0.05, 0.1) is 53.4 Å². The Balaban J connectivity index is 0.000000430. The number of aromatic nitrogens is 2. The molecule has 0 spiro atoms. The number of nitriles is 2. The molecule has 3 atom stereocenters. The molecule has 6 N–H and O–H groups in total. The highest BCUT2D eigenvalue weighted by Crippen LogP contribution is 2.38. The number of nitro groups is 2. The van der Waals surface area contributed by atoms with Crippen molar-refractivity contribution in [2.24, 2.45) is 0 Å². The topological polar surface area (TPSA) is 326 Å². The number of imidazole rings is 1. The van der Waals surface area contributed by atoms with Crippen molar-refractivity contribution in [1.29, 1.82) is 10.5 Å². The van der Waals surface area contributed by atoms with Crippen molar-refractivity contribution in [2.45, 2.75) is 176 Å². The largest absolute Gasteiger partial charge is 0.444 e. The van der Waals surface area contributed by atoms with E-state index in [1.165, 1.54) is 6.07 Å². The zero-order chi connectivity index (χ0) is 73.2. The quantitative estimate of drug-likeness (QED) is 0.0387. The van der Waals surface area contributed by atoms with Crippen molar-refractivity contribution in [2.75, 3.05) is 75.6 Å². The van der Waals surface area contributed by atoms with Crippen LogP contribution in [0.2, 0.25) is 20.1 Å². The molecule has 3 aliphatic rings. The van der Waals surface area contributed by atoms with E-state index in [9.17, 15) is 43.4 Å². The SMILES string of the molecule is C#N.COC.Cc1ccc(N)c(N[C@@H]2CCCCN(C(=O)OC(C)(C)C)C2)c1Cl.Cc1ccc([N+](=O)[O-])c(N[C@@H]2CCCCN(C(=O)OC(C)(C)C)C2)c1Cl.Cc1ccc2nc(N)n(C3CCCCN(C(=O)OC(C)(C)C)C3)c2c1Cl.N#CBr.O=[N+]([O-])c1ccc(F)c(Cl)c1F. The summed E-state index contributed by atoms with van der Waals surface area (Å²) in [7, 11) is 3.25. The third kappa shape index (κ3) is 27.2. The van der Waals surface area contributed by atoms with Crippen LogP contribution in [0, 0.1) is 74.7 Å². The lowest BCUT2D eigenvalue weighted by molar-refractivity contribution is -0.387. The van der Waals surface area contributed by atoms with Gasteiger partial charge in [-0.15, -0.1) is 0 Å². The van der Waals surface area contributed by atoms with E-state index >= 15 is 0 Å². The number of anilines is 4. The van der Waals surface area contributed by atoms with Crippen LogP contribution in [0.5, 0.6) is 0 Å². The Bertz CT molecular complexity index is 3490. The van der Waals surface area contributed by atoms with Gasteiger partial charge in [-0.2, -0.15) is 9.65 Å². The Morgan fingerprint density at radius 1 is 0.625 bits per heavy atom. The van der Waals surface area contributed by atoms with Gasteiger partial charge in [-0.3, -0.25) is 20.2 Å². The summed E-state index contributed by atoms with van der Waals surface area (Å²) in [6.07, 6.45) is 7.49. The Labute approximate surface area is 589 Å². The number of nitrogens with two attached hydrogens (primary N) is 2. The molecular formula is C65H90BrCl4F2N13O11. The van der Waals surface area contributed by atoms with Gasteiger partial charge in [-0.1, -0.05) is 64.6 Å². The molecule has 96 heavy (non-hydrogen) atoms. The number of halogens is 7. The lowest BCUT2D eigenvalue weighted by Crippen LogP contribution is -2.42. The molecule has 530 valence electrons. The number of amides is 3. The van der Waals surface area contributed by atoms with Gasteiger partial charge in [-0.05, 0) is 176 Å². The number of rotatable bonds is 7. The first-order valence-corrected chi connectivity index (χ1v) is 32.9. The monoisotopic (exact) mass is 1490 g/mol. The van der Waals surface area contributed by atoms with Crippen molar-refractivity contribution in [3.05, 3.63) is 117 Å². The summed E-state index contributed by atoms with van der Waals surface area (Å²) < 4.78 is 47.9. The van der Waals surface area contributed by atoms with E-state index in [4.69, 9.17) is 82.6 Å². The van der Waals surface area contributed by atoms with Gasteiger partial charge >= 0.3 is 24.0 Å². The summed E-state index contributed by atoms with van der Waals surface area (Å²) in [5.74, 6) is -1.93. The maximum absolute atomic E-state index is 12.7. The maximum Gasteiger partial charge on any atom is 0.410 e. The molecule has 0 aliphatic carbocycles. The minimum atomic E-state index is -1.35. The predicted molar refractivity (Wildman–Crippen MR) is 378 cm³/mol. The molecule has 1 unspecified atom stereocenters. The smallest absolute Gasteiger partial charge is 0.410 e. The average Bonchev–Trinajstić information content (AvgIpc) is 1.61. The first-order valence-electron chi connectivity index (χ1n) is 30.6. The van der Waals surface area contributed by atoms with Gasteiger partial charge in [0.2, 0.25) is 11.8 Å². The van der Waals surface area contributed by atoms with Crippen molar-refractivity contribution in [3.63, 3.8) is 0 Å². The molecule has 4 heterocycles. The third-order valence-electron chi connectivity index (χ3n) is 14.1. The fraction of sp³-hybridized carbons (Fsp3) is 0.538. The van der Waals surface area contributed by atoms with Crippen molar-refractivity contribution in [1.82, 2.24) is 24.3 Å². The van der Waals surface area contributed by atoms with Crippen LogP contribution in [-0.2, 0) is 18.9 Å². The number of carbonyl (C=O) groups excluding carboxylic acids is 3. The van der Waals surface area contributed by atoms with Gasteiger partial charge in [-0.25, -0.2) is 29.0 Å². The van der Waals surface area contributed by atoms with Crippen LogP contribution in [0.1, 0.15) is 143 Å². The second-order valence-corrected chi connectivity index (χ2v) is 27.3. The van der Waals surface area contributed by atoms with Gasteiger partial charge in [0, 0.05) is 100 Å². The lowest BCUT2D eigenvalue weighted by Gasteiger charge is -2.29. The number of methoxy groups -OCH3 is 1. The lowest BCUT2D eigenvalue weighted by atomic mass is 10.1. The fourth-order valence-electron chi connectivity index (χ4n) is 9.83. The zero-order valence-electron chi connectivity index (χ0n) is 56.9. The van der Waals surface area contributed by atoms with Crippen LogP contribution in [-0.4, -0.2) is 135 Å². The molecule has 0 bridgehead atoms. The highest BCUT2D eigenvalue weighted by molar-refractivity contribution is 9.12. The normalized spacial score (nSPS) is 16.3. The minimum Gasteiger partial charge on any atom is -0.444 e. The molecule has 3 aliphatic heterocycles. The number of nitrogens with zero attached hydrogens (tertiary/aromatic N) is 9. The highest BCUT2D eigenvalue weighted by Gasteiger charge is 2.33. The van der Waals surface area contributed by atoms with E-state index in [-0.39, 0.29) is 42.1 Å². The maximum atomic E-state index is 12.7. The van der Waals surface area contributed by atoms with Crippen LogP contribution in [0.25, 0.3) is 11.0 Å². The average molecular weight is 1490 g/mol. The first kappa shape index (κ1) is 84.7. The highest BCUT2D eigenvalue weighted by atomic mass is 79.9. The first-order chi connectivity index (χ1) is 44.8. The number of carbonyl (C=O) groups is 3. The van der Waals surface area contributed by atoms with Gasteiger partial charge in [0.15, 0.2) is 0 Å². The molecule has 5 aromatic rings. The number of nitro benzene ring substituents is 2. The molecule has 3 amide bonds. The van der Waals surface area contributed by atoms with Crippen LogP contribution >= 0.6 is 62.3 Å². The standard InChI is InChI=1S/C19H27ClN4O2.C18H26ClN3O4.C18H28ClN3O2.C6H2ClF2NO2.C2H6O.CBrN.CHN/c1-12-8-9-14-16(15(12)20)24(17(21)22-14)13-7-5-6-10-23(11-13)18(25)26-19(2,3)4;1-12-8-9-14(22(24)25)16(15(12)19)20-13-7-5-6-10-21(11-13)17(23)26-18(2,3)4;1-12-8-9-14(20)16(15(12)19)21-13-7-5-6-10-22(11-13)17(23)24-18(2,3)4;7-5-3(8)1-2-4(6(5)9)10(11)12;1-3-2;2-1-3;1-2/h8-9,13H,5-7,10-11H2,1-4H3,(H2,21,22);8-9,13,20H,5-7,10-11H2,1-4H3;8-9,13,21H,5-7,10-11,20H2,1-4H3;1-2H;1-2H3;;1H/t;2*13-;;;;/m.11..../s1. The van der Waals surface area contributed by atoms with E-state index in [0.717, 1.165) is 103 Å². The number of hydrogen-bond donors (Lipinski definition) is 4. The molecule has 3 fully saturated rings. The molecule has 0 saturated carbocycles. The second-order valence-electron chi connectivity index (χ2n) is 25.5. The number of fused-ring (bicyclic) bond motifs is 1. The number of aryl methyl sites for hydroxylation is 3. The van der Waals surface area contributed by atoms with E-state index in [1.54, 1.807) is 46.9 Å². The number of ether oxygens (including phenoxy) is 4. The Morgan fingerprint density at radius 2 is 1.00 bits per heavy atom. The van der Waals surface area contributed by atoms with E-state index in [2.05, 4.69) is 42.9 Å². The third-order valence-corrected chi connectivity index (χ3v) is 15.9. The summed E-state index contributed by atoms with van der Waals surface area (Å²) in [6.45, 7) is 29.5. The molecule has 24 nitrogen and oxygen atoms in total. The van der Waals surface area contributed by atoms with Crippen molar-refractivity contribution < 1.29 is 52.0 Å². The molecule has 3 saturated heterocycles. The number of hydrogen-bond acceptors (Lipinski definition) is 18. The van der Waals surface area contributed by atoms with E-state index < -0.39 is 49.0 Å². The number of benzene rings is 4. The van der Waals surface area contributed by atoms with E-state index in [1.807, 2.05) is 105 Å². The minimum absolute atomic E-state index is 0.0225. The molecule has 0 radical (unpaired) electrons. The summed E-state index contributed by atoms with van der Waals surface area (Å²) >= 11 is 26.8. The predicted octanol–water partition coefficient (Wildman–Crippen LogP) is 17.5. The van der Waals surface area contributed by atoms with Crippen LogP contribution in [0.15, 0.2) is 48.5 Å². The number of likely N-dealkylation sites (tertiary alicyclic amines) is 3. The van der Waals surface area contributed by atoms with Gasteiger partial charge in [0.25, 0.3) is 5.69 Å². The second kappa shape index (κ2) is 39.7. The van der Waals surface area contributed by atoms with Gasteiger partial charge < -0.3 is 60.3 Å². The van der Waals surface area contributed by atoms with Crippen LogP contribution < -0.4 is 22.1 Å². The molecule has 1 aromatic heterocycles. The van der Waals surface area contributed by atoms with Crippen molar-refractivity contribution in [3.8, 4) is 11.6 Å².